The summed E-state index contributed by atoms with van der Waals surface area (Å²) in [5, 5.41) is 7.20. The Morgan fingerprint density at radius 3 is 2.55 bits per heavy atom. The fourth-order valence-corrected chi connectivity index (χ4v) is 2.30. The molecule has 0 saturated carbocycles. The average molecular weight is 296 g/mol. The number of rotatable bonds is 4. The van der Waals surface area contributed by atoms with E-state index in [4.69, 9.17) is 4.74 Å². The van der Waals surface area contributed by atoms with E-state index in [0.29, 0.717) is 17.9 Å². The lowest BCUT2D eigenvalue weighted by Crippen LogP contribution is -1.98. The monoisotopic (exact) mass is 296 g/mol. The largest absolute Gasteiger partial charge is 0.488 e. The molecule has 0 fully saturated rings. The molecule has 22 heavy (non-hydrogen) atoms. The van der Waals surface area contributed by atoms with Gasteiger partial charge in [-0.15, -0.1) is 0 Å². The van der Waals surface area contributed by atoms with E-state index in [0.717, 1.165) is 22.5 Å². The topological polar surface area (TPSA) is 37.9 Å². The third-order valence-corrected chi connectivity index (χ3v) is 3.69. The van der Waals surface area contributed by atoms with Crippen LogP contribution in [0.15, 0.2) is 48.5 Å². The van der Waals surface area contributed by atoms with Gasteiger partial charge in [-0.05, 0) is 43.2 Å². The molecule has 3 nitrogen and oxygen atoms in total. The van der Waals surface area contributed by atoms with Crippen LogP contribution >= 0.6 is 0 Å². The molecular weight excluding hydrogens is 279 g/mol. The first-order valence-corrected chi connectivity index (χ1v) is 7.13. The van der Waals surface area contributed by atoms with Crippen LogP contribution in [0.4, 0.5) is 4.39 Å². The third-order valence-electron chi connectivity index (χ3n) is 3.69. The highest BCUT2D eigenvalue weighted by Crippen LogP contribution is 2.32. The van der Waals surface area contributed by atoms with Crippen molar-refractivity contribution in [3.63, 3.8) is 0 Å². The van der Waals surface area contributed by atoms with Gasteiger partial charge in [0.2, 0.25) is 0 Å². The number of aromatic nitrogens is 2. The van der Waals surface area contributed by atoms with Crippen molar-refractivity contribution < 1.29 is 9.13 Å². The van der Waals surface area contributed by atoms with Crippen LogP contribution in [0.1, 0.15) is 16.8 Å². The lowest BCUT2D eigenvalue weighted by molar-refractivity contribution is 0.307. The van der Waals surface area contributed by atoms with Crippen LogP contribution in [-0.4, -0.2) is 10.2 Å². The fraction of sp³-hybridized carbons (Fsp3) is 0.167. The van der Waals surface area contributed by atoms with Gasteiger partial charge in [0.15, 0.2) is 0 Å². The van der Waals surface area contributed by atoms with Crippen LogP contribution in [-0.2, 0) is 6.61 Å². The van der Waals surface area contributed by atoms with Gasteiger partial charge in [-0.25, -0.2) is 4.39 Å². The van der Waals surface area contributed by atoms with Crippen LogP contribution in [0.25, 0.3) is 11.3 Å². The Hall–Kier alpha value is -2.62. The maximum atomic E-state index is 13.6. The van der Waals surface area contributed by atoms with Gasteiger partial charge in [0.1, 0.15) is 18.2 Å². The van der Waals surface area contributed by atoms with Crippen LogP contribution in [0, 0.1) is 19.7 Å². The summed E-state index contributed by atoms with van der Waals surface area (Å²) in [6.45, 7) is 4.33. The first kappa shape index (κ1) is 14.3. The molecule has 0 aliphatic carbocycles. The molecule has 0 amide bonds. The maximum absolute atomic E-state index is 13.6. The number of halogens is 1. The van der Waals surface area contributed by atoms with E-state index in [1.54, 1.807) is 6.07 Å². The van der Waals surface area contributed by atoms with E-state index in [1.807, 2.05) is 44.2 Å². The van der Waals surface area contributed by atoms with Gasteiger partial charge in [0.25, 0.3) is 0 Å². The van der Waals surface area contributed by atoms with Crippen molar-refractivity contribution in [3.05, 3.63) is 71.2 Å². The molecule has 0 spiro atoms. The van der Waals surface area contributed by atoms with Gasteiger partial charge in [-0.3, -0.25) is 5.10 Å². The quantitative estimate of drug-likeness (QED) is 0.774. The molecular formula is C18H17FN2O. The van der Waals surface area contributed by atoms with Gasteiger partial charge >= 0.3 is 0 Å². The molecule has 1 N–H and O–H groups in total. The van der Waals surface area contributed by atoms with E-state index in [9.17, 15) is 4.39 Å². The predicted molar refractivity (Wildman–Crippen MR) is 84.2 cm³/mol. The van der Waals surface area contributed by atoms with Crippen molar-refractivity contribution in [2.45, 2.75) is 20.5 Å². The molecule has 0 aliphatic heterocycles. The molecule has 112 valence electrons. The van der Waals surface area contributed by atoms with Crippen LogP contribution in [0.2, 0.25) is 0 Å². The Labute approximate surface area is 128 Å². The minimum Gasteiger partial charge on any atom is -0.488 e. The number of aromatic amines is 1. The first-order chi connectivity index (χ1) is 10.6. The highest BCUT2D eigenvalue weighted by Gasteiger charge is 2.14. The number of nitrogens with one attached hydrogen (secondary N) is 1. The maximum Gasteiger partial charge on any atom is 0.129 e. The molecule has 0 radical (unpaired) electrons. The second-order valence-corrected chi connectivity index (χ2v) is 5.24. The molecule has 3 rings (SSSR count). The van der Waals surface area contributed by atoms with Crippen molar-refractivity contribution >= 4 is 0 Å². The highest BCUT2D eigenvalue weighted by atomic mass is 19.1. The lowest BCUT2D eigenvalue weighted by atomic mass is 10.1. The number of hydrogen-bond donors (Lipinski definition) is 1. The zero-order chi connectivity index (χ0) is 15.5. The van der Waals surface area contributed by atoms with Gasteiger partial charge in [0.05, 0.1) is 5.69 Å². The summed E-state index contributed by atoms with van der Waals surface area (Å²) in [4.78, 5) is 0. The Morgan fingerprint density at radius 2 is 1.86 bits per heavy atom. The SMILES string of the molecule is Cc1[nH]nc(-c2cc(F)ccc2OCc2ccccc2)c1C. The summed E-state index contributed by atoms with van der Waals surface area (Å²) in [5.41, 5.74) is 4.41. The fourth-order valence-electron chi connectivity index (χ4n) is 2.30. The average Bonchev–Trinajstić information content (AvgIpc) is 2.87. The summed E-state index contributed by atoms with van der Waals surface area (Å²) in [5.74, 6) is 0.321. The van der Waals surface area contributed by atoms with E-state index in [1.165, 1.54) is 12.1 Å². The second kappa shape index (κ2) is 6.02. The summed E-state index contributed by atoms with van der Waals surface area (Å²) in [6.07, 6.45) is 0. The van der Waals surface area contributed by atoms with Gasteiger partial charge < -0.3 is 4.74 Å². The molecule has 1 heterocycles. The smallest absolute Gasteiger partial charge is 0.129 e. The van der Waals surface area contributed by atoms with E-state index < -0.39 is 0 Å². The number of hydrogen-bond acceptors (Lipinski definition) is 2. The molecule has 0 unspecified atom stereocenters. The number of nitrogens with zero attached hydrogens (tertiary/aromatic N) is 1. The third kappa shape index (κ3) is 2.86. The second-order valence-electron chi connectivity index (χ2n) is 5.24. The zero-order valence-corrected chi connectivity index (χ0v) is 12.6. The van der Waals surface area contributed by atoms with Gasteiger partial charge in [-0.1, -0.05) is 30.3 Å². The van der Waals surface area contributed by atoms with Crippen LogP contribution < -0.4 is 4.74 Å². The summed E-state index contributed by atoms with van der Waals surface area (Å²) < 4.78 is 19.5. The van der Waals surface area contributed by atoms with Gasteiger partial charge in [-0.2, -0.15) is 5.10 Å². The predicted octanol–water partition coefficient (Wildman–Crippen LogP) is 4.41. The molecule has 1 aromatic heterocycles. The number of benzene rings is 2. The zero-order valence-electron chi connectivity index (χ0n) is 12.6. The highest BCUT2D eigenvalue weighted by molar-refractivity contribution is 5.70. The summed E-state index contributed by atoms with van der Waals surface area (Å²) in [7, 11) is 0. The molecule has 0 saturated heterocycles. The molecule has 0 aliphatic rings. The van der Waals surface area contributed by atoms with Crippen molar-refractivity contribution in [2.24, 2.45) is 0 Å². The Balaban J connectivity index is 1.93. The van der Waals surface area contributed by atoms with Crippen molar-refractivity contribution in [3.8, 4) is 17.0 Å². The number of ether oxygens (including phenoxy) is 1. The Bertz CT molecular complexity index is 781. The first-order valence-electron chi connectivity index (χ1n) is 7.13. The summed E-state index contributed by atoms with van der Waals surface area (Å²) >= 11 is 0. The molecule has 4 heteroatoms. The normalized spacial score (nSPS) is 10.7. The van der Waals surface area contributed by atoms with Crippen LogP contribution in [0.3, 0.4) is 0 Å². The van der Waals surface area contributed by atoms with E-state index in [2.05, 4.69) is 10.2 Å². The molecule has 3 aromatic rings. The van der Waals surface area contributed by atoms with Crippen LogP contribution in [0.5, 0.6) is 5.75 Å². The van der Waals surface area contributed by atoms with E-state index >= 15 is 0 Å². The van der Waals surface area contributed by atoms with Crippen molar-refractivity contribution in [1.82, 2.24) is 10.2 Å². The standard InChI is InChI=1S/C18H17FN2O/c1-12-13(2)20-21-18(12)16-10-15(19)8-9-17(16)22-11-14-6-4-3-5-7-14/h3-10H,11H2,1-2H3,(H,20,21). The minimum absolute atomic E-state index is 0.304. The van der Waals surface area contributed by atoms with E-state index in [-0.39, 0.29) is 5.82 Å². The molecule has 0 bridgehead atoms. The minimum atomic E-state index is -0.304. The number of aryl methyl sites for hydroxylation is 1. The van der Waals surface area contributed by atoms with Crippen molar-refractivity contribution in [2.75, 3.05) is 0 Å². The van der Waals surface area contributed by atoms with Gasteiger partial charge in [0, 0.05) is 11.3 Å². The lowest BCUT2D eigenvalue weighted by Gasteiger charge is -2.11. The molecule has 2 aromatic carbocycles. The molecule has 0 atom stereocenters. The number of H-pyrrole nitrogens is 1. The Morgan fingerprint density at radius 1 is 1.09 bits per heavy atom. The van der Waals surface area contributed by atoms with Crippen molar-refractivity contribution in [1.29, 1.82) is 0 Å². The Kier molecular flexibility index (Phi) is 3.92. The summed E-state index contributed by atoms with van der Waals surface area (Å²) in [6, 6.07) is 14.4.